The molecule has 0 heterocycles. The molecule has 2 saturated carbocycles. The zero-order valence-corrected chi connectivity index (χ0v) is 12.7. The normalized spacial score (nSPS) is 34.7. The molecular weight excluding hydrogens is 240 g/mol. The van der Waals surface area contributed by atoms with Crippen molar-refractivity contribution in [3.8, 4) is 0 Å². The van der Waals surface area contributed by atoms with Crippen molar-refractivity contribution >= 4 is 6.09 Å². The molecule has 0 spiro atoms. The summed E-state index contributed by atoms with van der Waals surface area (Å²) in [7, 11) is 0. The number of alkyl carbamates (subject to hydrolysis) is 1. The molecule has 19 heavy (non-hydrogen) atoms. The van der Waals surface area contributed by atoms with E-state index in [1.807, 2.05) is 20.8 Å². The van der Waals surface area contributed by atoms with Gasteiger partial charge in [-0.2, -0.15) is 0 Å². The first-order valence-electron chi connectivity index (χ1n) is 7.59. The van der Waals surface area contributed by atoms with Crippen molar-refractivity contribution in [2.45, 2.75) is 83.5 Å². The molecule has 2 aliphatic rings. The Morgan fingerprint density at radius 1 is 1.11 bits per heavy atom. The highest BCUT2D eigenvalue weighted by molar-refractivity contribution is 5.68. The van der Waals surface area contributed by atoms with Gasteiger partial charge < -0.3 is 15.4 Å². The van der Waals surface area contributed by atoms with Gasteiger partial charge in [-0.1, -0.05) is 6.92 Å². The number of rotatable bonds is 3. The van der Waals surface area contributed by atoms with Gasteiger partial charge in [0.25, 0.3) is 0 Å². The fraction of sp³-hybridized carbons (Fsp3) is 0.933. The van der Waals surface area contributed by atoms with Crippen LogP contribution in [-0.4, -0.2) is 29.8 Å². The highest BCUT2D eigenvalue weighted by Gasteiger charge is 2.40. The first-order chi connectivity index (χ1) is 8.83. The van der Waals surface area contributed by atoms with Crippen molar-refractivity contribution in [1.82, 2.24) is 10.6 Å². The minimum absolute atomic E-state index is 0.259. The van der Waals surface area contributed by atoms with Crippen LogP contribution in [0.4, 0.5) is 4.79 Å². The Labute approximate surface area is 116 Å². The maximum atomic E-state index is 11.6. The van der Waals surface area contributed by atoms with Crippen LogP contribution in [-0.2, 0) is 4.74 Å². The molecule has 2 rings (SSSR count). The summed E-state index contributed by atoms with van der Waals surface area (Å²) in [5.41, 5.74) is -0.415. The molecular formula is C15H28N2O2. The van der Waals surface area contributed by atoms with E-state index < -0.39 is 5.60 Å². The molecule has 0 saturated heterocycles. The van der Waals surface area contributed by atoms with Crippen LogP contribution in [0, 0.1) is 5.92 Å². The number of carbonyl (C=O) groups is 1. The number of hydrogen-bond donors (Lipinski definition) is 2. The van der Waals surface area contributed by atoms with Gasteiger partial charge in [0.1, 0.15) is 5.60 Å². The molecule has 0 bridgehead atoms. The molecule has 2 unspecified atom stereocenters. The molecule has 2 fully saturated rings. The predicted octanol–water partition coefficient (Wildman–Crippen LogP) is 2.82. The predicted molar refractivity (Wildman–Crippen MR) is 76.1 cm³/mol. The summed E-state index contributed by atoms with van der Waals surface area (Å²) in [6.07, 6.45) is 5.95. The maximum Gasteiger partial charge on any atom is 0.407 e. The number of hydrogen-bond acceptors (Lipinski definition) is 3. The zero-order valence-electron chi connectivity index (χ0n) is 12.7. The SMILES string of the molecule is CC1CCC(NC2CC2NC(=O)OC(C)(C)C)CC1. The van der Waals surface area contributed by atoms with Crippen LogP contribution in [0.5, 0.6) is 0 Å². The summed E-state index contributed by atoms with van der Waals surface area (Å²) in [6, 6.07) is 1.35. The fourth-order valence-corrected chi connectivity index (χ4v) is 2.73. The van der Waals surface area contributed by atoms with Crippen molar-refractivity contribution < 1.29 is 9.53 Å². The van der Waals surface area contributed by atoms with Crippen molar-refractivity contribution in [2.75, 3.05) is 0 Å². The van der Waals surface area contributed by atoms with Crippen molar-refractivity contribution in [2.24, 2.45) is 5.92 Å². The number of nitrogens with one attached hydrogen (secondary N) is 2. The van der Waals surface area contributed by atoms with E-state index >= 15 is 0 Å². The van der Waals surface area contributed by atoms with Gasteiger partial charge in [0.05, 0.1) is 0 Å². The van der Waals surface area contributed by atoms with Gasteiger partial charge in [-0.15, -0.1) is 0 Å². The van der Waals surface area contributed by atoms with Crippen LogP contribution in [0.25, 0.3) is 0 Å². The van der Waals surface area contributed by atoms with E-state index in [2.05, 4.69) is 17.6 Å². The lowest BCUT2D eigenvalue weighted by atomic mass is 9.87. The second-order valence-corrected chi connectivity index (χ2v) is 7.22. The molecule has 0 radical (unpaired) electrons. The third-order valence-corrected chi connectivity index (χ3v) is 3.96. The van der Waals surface area contributed by atoms with Crippen LogP contribution in [0.15, 0.2) is 0 Å². The van der Waals surface area contributed by atoms with Crippen LogP contribution in [0.2, 0.25) is 0 Å². The van der Waals surface area contributed by atoms with E-state index in [-0.39, 0.29) is 12.1 Å². The first kappa shape index (κ1) is 14.6. The minimum Gasteiger partial charge on any atom is -0.444 e. The Bertz CT molecular complexity index is 317. The van der Waals surface area contributed by atoms with Crippen molar-refractivity contribution in [3.63, 3.8) is 0 Å². The third kappa shape index (κ3) is 5.01. The molecule has 1 amide bonds. The zero-order chi connectivity index (χ0) is 14.0. The van der Waals surface area contributed by atoms with E-state index in [0.717, 1.165) is 12.3 Å². The van der Waals surface area contributed by atoms with Crippen LogP contribution >= 0.6 is 0 Å². The summed E-state index contributed by atoms with van der Waals surface area (Å²) in [5.74, 6) is 0.882. The molecule has 0 aromatic rings. The Kier molecular flexibility index (Phi) is 4.39. The molecule has 0 aromatic carbocycles. The van der Waals surface area contributed by atoms with E-state index in [0.29, 0.717) is 12.1 Å². The molecule has 110 valence electrons. The minimum atomic E-state index is -0.415. The topological polar surface area (TPSA) is 50.4 Å². The first-order valence-corrected chi connectivity index (χ1v) is 7.59. The molecule has 4 heteroatoms. The number of amides is 1. The van der Waals surface area contributed by atoms with Crippen molar-refractivity contribution in [3.05, 3.63) is 0 Å². The Morgan fingerprint density at radius 3 is 2.32 bits per heavy atom. The Morgan fingerprint density at radius 2 is 1.74 bits per heavy atom. The van der Waals surface area contributed by atoms with E-state index in [4.69, 9.17) is 4.74 Å². The molecule has 0 aromatic heterocycles. The van der Waals surface area contributed by atoms with Crippen LogP contribution in [0.3, 0.4) is 0 Å². The summed E-state index contributed by atoms with van der Waals surface area (Å²) < 4.78 is 5.26. The Balaban J connectivity index is 1.63. The van der Waals surface area contributed by atoms with Gasteiger partial charge in [0, 0.05) is 18.1 Å². The second-order valence-electron chi connectivity index (χ2n) is 7.22. The van der Waals surface area contributed by atoms with Gasteiger partial charge in [0.15, 0.2) is 0 Å². The highest BCUT2D eigenvalue weighted by atomic mass is 16.6. The molecule has 2 atom stereocenters. The Hall–Kier alpha value is -0.770. The second kappa shape index (κ2) is 5.70. The third-order valence-electron chi connectivity index (χ3n) is 3.96. The molecule has 0 aliphatic heterocycles. The smallest absolute Gasteiger partial charge is 0.407 e. The van der Waals surface area contributed by atoms with E-state index in [9.17, 15) is 4.79 Å². The fourth-order valence-electron chi connectivity index (χ4n) is 2.73. The highest BCUT2D eigenvalue weighted by Crippen LogP contribution is 2.28. The van der Waals surface area contributed by atoms with Crippen molar-refractivity contribution in [1.29, 1.82) is 0 Å². The standard InChI is InChI=1S/C15H28N2O2/c1-10-5-7-11(8-6-10)16-12-9-13(12)17-14(18)19-15(2,3)4/h10-13,16H,5-9H2,1-4H3,(H,17,18). The molecule has 2 N–H and O–H groups in total. The summed E-state index contributed by atoms with van der Waals surface area (Å²) in [5, 5.41) is 6.60. The average Bonchev–Trinajstić information content (AvgIpc) is 2.97. The van der Waals surface area contributed by atoms with E-state index in [1.165, 1.54) is 25.7 Å². The average molecular weight is 268 g/mol. The van der Waals surface area contributed by atoms with E-state index in [1.54, 1.807) is 0 Å². The number of carbonyl (C=O) groups excluding carboxylic acids is 1. The lowest BCUT2D eigenvalue weighted by Crippen LogP contribution is -2.40. The lowest BCUT2D eigenvalue weighted by molar-refractivity contribution is 0.0521. The van der Waals surface area contributed by atoms with Gasteiger partial charge >= 0.3 is 6.09 Å². The molecule has 2 aliphatic carbocycles. The van der Waals surface area contributed by atoms with Gasteiger partial charge in [-0.25, -0.2) is 4.79 Å². The summed E-state index contributed by atoms with van der Waals surface area (Å²) in [6.45, 7) is 8.00. The van der Waals surface area contributed by atoms with Crippen LogP contribution < -0.4 is 10.6 Å². The van der Waals surface area contributed by atoms with Gasteiger partial charge in [-0.05, 0) is 58.8 Å². The largest absolute Gasteiger partial charge is 0.444 e. The van der Waals surface area contributed by atoms with Gasteiger partial charge in [0.2, 0.25) is 0 Å². The molecule has 4 nitrogen and oxygen atoms in total. The number of ether oxygens (including phenoxy) is 1. The maximum absolute atomic E-state index is 11.6. The monoisotopic (exact) mass is 268 g/mol. The quantitative estimate of drug-likeness (QED) is 0.827. The lowest BCUT2D eigenvalue weighted by Gasteiger charge is -2.27. The summed E-state index contributed by atoms with van der Waals surface area (Å²) in [4.78, 5) is 11.6. The van der Waals surface area contributed by atoms with Gasteiger partial charge in [-0.3, -0.25) is 0 Å². The summed E-state index contributed by atoms with van der Waals surface area (Å²) >= 11 is 0. The van der Waals surface area contributed by atoms with Crippen LogP contribution in [0.1, 0.15) is 59.8 Å².